The van der Waals surface area contributed by atoms with Crippen molar-refractivity contribution in [1.29, 1.82) is 0 Å². The lowest BCUT2D eigenvalue weighted by Crippen LogP contribution is -2.22. The lowest BCUT2D eigenvalue weighted by Gasteiger charge is -2.26. The van der Waals surface area contributed by atoms with Gasteiger partial charge in [-0.2, -0.15) is 0 Å². The molecule has 2 heterocycles. The third kappa shape index (κ3) is 1.67. The van der Waals surface area contributed by atoms with E-state index in [2.05, 4.69) is 24.4 Å². The standard InChI is InChI=1S/C13H13NOS/c1-9-6-7-13(16-9)12-8-14-10-4-2-3-5-11(10)15-12/h2-7,12,14H,8H2,1H3. The Morgan fingerprint density at radius 3 is 2.94 bits per heavy atom. The summed E-state index contributed by atoms with van der Waals surface area (Å²) in [7, 11) is 0. The second-order valence-electron chi connectivity index (χ2n) is 3.93. The number of ether oxygens (including phenoxy) is 1. The number of hydrogen-bond donors (Lipinski definition) is 1. The molecule has 2 nitrogen and oxygen atoms in total. The van der Waals surface area contributed by atoms with Crippen molar-refractivity contribution in [2.24, 2.45) is 0 Å². The largest absolute Gasteiger partial charge is 0.481 e. The number of aryl methyl sites for hydroxylation is 1. The molecule has 1 aromatic carbocycles. The van der Waals surface area contributed by atoms with E-state index in [4.69, 9.17) is 4.74 Å². The summed E-state index contributed by atoms with van der Waals surface area (Å²) in [6.45, 7) is 2.97. The normalized spacial score (nSPS) is 18.4. The van der Waals surface area contributed by atoms with Crippen LogP contribution in [0.4, 0.5) is 5.69 Å². The van der Waals surface area contributed by atoms with Crippen molar-refractivity contribution in [3.05, 3.63) is 46.2 Å². The van der Waals surface area contributed by atoms with Gasteiger partial charge in [-0.25, -0.2) is 0 Å². The molecule has 1 atom stereocenters. The molecular formula is C13H13NOS. The van der Waals surface area contributed by atoms with Gasteiger partial charge in [-0.15, -0.1) is 11.3 Å². The number of nitrogens with one attached hydrogen (secondary N) is 1. The van der Waals surface area contributed by atoms with Crippen molar-refractivity contribution in [1.82, 2.24) is 0 Å². The van der Waals surface area contributed by atoms with E-state index in [0.29, 0.717) is 0 Å². The number of benzene rings is 1. The van der Waals surface area contributed by atoms with Gasteiger partial charge in [0.1, 0.15) is 5.75 Å². The van der Waals surface area contributed by atoms with Crippen LogP contribution in [0, 0.1) is 6.92 Å². The highest BCUT2D eigenvalue weighted by atomic mass is 32.1. The minimum atomic E-state index is 0.147. The Kier molecular flexibility index (Phi) is 2.33. The Morgan fingerprint density at radius 2 is 2.12 bits per heavy atom. The maximum atomic E-state index is 5.98. The molecule has 1 aromatic heterocycles. The maximum absolute atomic E-state index is 5.98. The fraction of sp³-hybridized carbons (Fsp3) is 0.231. The van der Waals surface area contributed by atoms with E-state index >= 15 is 0 Å². The van der Waals surface area contributed by atoms with E-state index in [1.165, 1.54) is 9.75 Å². The van der Waals surface area contributed by atoms with E-state index in [0.717, 1.165) is 18.0 Å². The third-order valence-electron chi connectivity index (χ3n) is 2.71. The predicted octanol–water partition coefficient (Wildman–Crippen LogP) is 3.60. The smallest absolute Gasteiger partial charge is 0.150 e. The Hall–Kier alpha value is -1.48. The van der Waals surface area contributed by atoms with Gasteiger partial charge in [0, 0.05) is 9.75 Å². The van der Waals surface area contributed by atoms with Gasteiger partial charge in [-0.05, 0) is 31.2 Å². The van der Waals surface area contributed by atoms with E-state index in [-0.39, 0.29) is 6.10 Å². The third-order valence-corrected chi connectivity index (χ3v) is 3.81. The molecule has 0 radical (unpaired) electrons. The van der Waals surface area contributed by atoms with Crippen LogP contribution in [0.5, 0.6) is 5.75 Å². The summed E-state index contributed by atoms with van der Waals surface area (Å²) in [5, 5.41) is 3.40. The molecule has 1 unspecified atom stereocenters. The molecule has 0 aliphatic carbocycles. The quantitative estimate of drug-likeness (QED) is 0.809. The molecule has 2 aromatic rings. The monoisotopic (exact) mass is 231 g/mol. The number of hydrogen-bond acceptors (Lipinski definition) is 3. The molecule has 0 saturated heterocycles. The molecular weight excluding hydrogens is 218 g/mol. The Bertz CT molecular complexity index is 506. The average Bonchev–Trinajstić information content (AvgIpc) is 2.75. The summed E-state index contributed by atoms with van der Waals surface area (Å²) in [4.78, 5) is 2.62. The highest BCUT2D eigenvalue weighted by Gasteiger charge is 2.21. The van der Waals surface area contributed by atoms with Crippen molar-refractivity contribution in [3.63, 3.8) is 0 Å². The Labute approximate surface area is 98.9 Å². The van der Waals surface area contributed by atoms with Crippen LogP contribution in [0.1, 0.15) is 15.9 Å². The maximum Gasteiger partial charge on any atom is 0.150 e. The molecule has 0 saturated carbocycles. The lowest BCUT2D eigenvalue weighted by atomic mass is 10.2. The van der Waals surface area contributed by atoms with Crippen molar-refractivity contribution in [2.75, 3.05) is 11.9 Å². The molecule has 1 aliphatic heterocycles. The lowest BCUT2D eigenvalue weighted by molar-refractivity contribution is 0.214. The van der Waals surface area contributed by atoms with E-state index in [1.54, 1.807) is 11.3 Å². The van der Waals surface area contributed by atoms with Crippen LogP contribution in [-0.2, 0) is 0 Å². The molecule has 82 valence electrons. The zero-order valence-corrected chi connectivity index (χ0v) is 9.88. The van der Waals surface area contributed by atoms with Gasteiger partial charge >= 0.3 is 0 Å². The summed E-state index contributed by atoms with van der Waals surface area (Å²) in [6.07, 6.45) is 0.147. The SMILES string of the molecule is Cc1ccc(C2CNc3ccccc3O2)s1. The van der Waals surface area contributed by atoms with Crippen LogP contribution in [0.25, 0.3) is 0 Å². The Morgan fingerprint density at radius 1 is 1.25 bits per heavy atom. The number of para-hydroxylation sites is 2. The highest BCUT2D eigenvalue weighted by molar-refractivity contribution is 7.12. The fourth-order valence-electron chi connectivity index (χ4n) is 1.90. The van der Waals surface area contributed by atoms with Gasteiger partial charge in [0.2, 0.25) is 0 Å². The second-order valence-corrected chi connectivity index (χ2v) is 5.25. The van der Waals surface area contributed by atoms with Crippen molar-refractivity contribution in [2.45, 2.75) is 13.0 Å². The first-order valence-electron chi connectivity index (χ1n) is 5.39. The summed E-state index contributed by atoms with van der Waals surface area (Å²) in [5.41, 5.74) is 1.09. The van der Waals surface area contributed by atoms with E-state index < -0.39 is 0 Å². The first kappa shape index (κ1) is 9.73. The number of fused-ring (bicyclic) bond motifs is 1. The zero-order valence-electron chi connectivity index (χ0n) is 9.07. The van der Waals surface area contributed by atoms with Crippen molar-refractivity contribution < 1.29 is 4.74 Å². The molecule has 0 bridgehead atoms. The molecule has 3 rings (SSSR count). The molecule has 3 heteroatoms. The van der Waals surface area contributed by atoms with Crippen LogP contribution in [0.15, 0.2) is 36.4 Å². The van der Waals surface area contributed by atoms with Gasteiger partial charge in [0.25, 0.3) is 0 Å². The Balaban J connectivity index is 1.88. The van der Waals surface area contributed by atoms with Crippen LogP contribution in [0.3, 0.4) is 0 Å². The van der Waals surface area contributed by atoms with Crippen LogP contribution < -0.4 is 10.1 Å². The van der Waals surface area contributed by atoms with Gasteiger partial charge in [-0.3, -0.25) is 0 Å². The molecule has 0 amide bonds. The summed E-state index contributed by atoms with van der Waals surface area (Å²) < 4.78 is 5.98. The van der Waals surface area contributed by atoms with E-state index in [1.807, 2.05) is 24.3 Å². The molecule has 0 spiro atoms. The van der Waals surface area contributed by atoms with Crippen molar-refractivity contribution >= 4 is 17.0 Å². The zero-order chi connectivity index (χ0) is 11.0. The number of anilines is 1. The molecule has 16 heavy (non-hydrogen) atoms. The first-order valence-corrected chi connectivity index (χ1v) is 6.20. The predicted molar refractivity (Wildman–Crippen MR) is 67.4 cm³/mol. The highest BCUT2D eigenvalue weighted by Crippen LogP contribution is 2.35. The summed E-state index contributed by atoms with van der Waals surface area (Å²) in [5.74, 6) is 0.949. The number of thiophene rings is 1. The molecule has 1 N–H and O–H groups in total. The van der Waals surface area contributed by atoms with E-state index in [9.17, 15) is 0 Å². The minimum absolute atomic E-state index is 0.147. The van der Waals surface area contributed by atoms with Gasteiger partial charge in [0.05, 0.1) is 12.2 Å². The number of rotatable bonds is 1. The van der Waals surface area contributed by atoms with Gasteiger partial charge < -0.3 is 10.1 Å². The molecule has 1 aliphatic rings. The molecule has 0 fully saturated rings. The van der Waals surface area contributed by atoms with Gasteiger partial charge in [0.15, 0.2) is 6.10 Å². The van der Waals surface area contributed by atoms with Crippen LogP contribution in [0.2, 0.25) is 0 Å². The average molecular weight is 231 g/mol. The van der Waals surface area contributed by atoms with Crippen LogP contribution >= 0.6 is 11.3 Å². The van der Waals surface area contributed by atoms with Crippen LogP contribution in [-0.4, -0.2) is 6.54 Å². The summed E-state index contributed by atoms with van der Waals surface area (Å²) in [6, 6.07) is 12.4. The fourth-order valence-corrected chi connectivity index (χ4v) is 2.81. The first-order chi connectivity index (χ1) is 7.83. The van der Waals surface area contributed by atoms with Crippen molar-refractivity contribution in [3.8, 4) is 5.75 Å². The summed E-state index contributed by atoms with van der Waals surface area (Å²) >= 11 is 1.80. The topological polar surface area (TPSA) is 21.3 Å². The van der Waals surface area contributed by atoms with Gasteiger partial charge in [-0.1, -0.05) is 12.1 Å². The minimum Gasteiger partial charge on any atom is -0.481 e. The second kappa shape index (κ2) is 3.83.